The average Bonchev–Trinajstić information content (AvgIpc) is 3.35. The molecule has 132 valence electrons. The standard InChI is InChI=1S/C20H20N4O2/c1-3-5-12(2)17-18(15-6-4-9-21-15)24(20(26)19(17)25)13-7-8-14-16(10-13)23-11-22-14/h4,6-11,18,21,25H,2-3,5H2,1H3,(H,22,23). The van der Waals surface area contributed by atoms with E-state index in [4.69, 9.17) is 0 Å². The molecule has 3 N–H and O–H groups in total. The van der Waals surface area contributed by atoms with Gasteiger partial charge in [0.25, 0.3) is 5.91 Å². The highest BCUT2D eigenvalue weighted by molar-refractivity contribution is 6.10. The lowest BCUT2D eigenvalue weighted by Gasteiger charge is -2.27. The fourth-order valence-corrected chi connectivity index (χ4v) is 3.55. The van der Waals surface area contributed by atoms with Crippen LogP contribution in [0, 0.1) is 0 Å². The Morgan fingerprint density at radius 2 is 2.19 bits per heavy atom. The number of rotatable bonds is 5. The number of amides is 1. The van der Waals surface area contributed by atoms with Crippen LogP contribution in [0.2, 0.25) is 0 Å². The van der Waals surface area contributed by atoms with Crippen LogP contribution in [0.25, 0.3) is 11.0 Å². The molecule has 3 heterocycles. The molecule has 26 heavy (non-hydrogen) atoms. The van der Waals surface area contributed by atoms with Crippen molar-refractivity contribution in [2.75, 3.05) is 4.90 Å². The summed E-state index contributed by atoms with van der Waals surface area (Å²) in [6.45, 7) is 6.16. The predicted octanol–water partition coefficient (Wildman–Crippen LogP) is 4.15. The number of aromatic nitrogens is 3. The van der Waals surface area contributed by atoms with E-state index in [-0.39, 0.29) is 5.76 Å². The summed E-state index contributed by atoms with van der Waals surface area (Å²) in [4.78, 5) is 25.0. The molecule has 0 spiro atoms. The minimum Gasteiger partial charge on any atom is -0.503 e. The minimum absolute atomic E-state index is 0.229. The van der Waals surface area contributed by atoms with Gasteiger partial charge >= 0.3 is 0 Å². The second-order valence-electron chi connectivity index (χ2n) is 6.42. The van der Waals surface area contributed by atoms with Gasteiger partial charge in [-0.05, 0) is 42.3 Å². The second-order valence-corrected chi connectivity index (χ2v) is 6.42. The number of benzene rings is 1. The molecule has 6 nitrogen and oxygen atoms in total. The number of hydrogen-bond acceptors (Lipinski definition) is 3. The zero-order chi connectivity index (χ0) is 18.3. The summed E-state index contributed by atoms with van der Waals surface area (Å²) in [5, 5.41) is 10.6. The zero-order valence-electron chi connectivity index (χ0n) is 14.5. The van der Waals surface area contributed by atoms with E-state index in [1.54, 1.807) is 11.2 Å². The number of nitrogens with one attached hydrogen (secondary N) is 2. The van der Waals surface area contributed by atoms with Gasteiger partial charge in [0.15, 0.2) is 5.76 Å². The van der Waals surface area contributed by atoms with E-state index in [9.17, 15) is 9.90 Å². The van der Waals surface area contributed by atoms with Crippen LogP contribution < -0.4 is 4.90 Å². The molecule has 1 amide bonds. The largest absolute Gasteiger partial charge is 0.503 e. The van der Waals surface area contributed by atoms with Crippen LogP contribution in [-0.2, 0) is 4.79 Å². The van der Waals surface area contributed by atoms with Gasteiger partial charge in [0.2, 0.25) is 0 Å². The molecule has 1 aliphatic heterocycles. The number of carbonyl (C=O) groups excluding carboxylic acids is 1. The fraction of sp³-hybridized carbons (Fsp3) is 0.200. The smallest absolute Gasteiger partial charge is 0.294 e. The Kier molecular flexibility index (Phi) is 3.88. The maximum absolute atomic E-state index is 12.9. The number of anilines is 1. The van der Waals surface area contributed by atoms with Crippen molar-refractivity contribution in [3.8, 4) is 0 Å². The molecule has 0 bridgehead atoms. The van der Waals surface area contributed by atoms with Crippen LogP contribution in [0.5, 0.6) is 0 Å². The molecule has 1 aromatic carbocycles. The molecule has 1 atom stereocenters. The number of imidazole rings is 1. The second kappa shape index (κ2) is 6.22. The fourth-order valence-electron chi connectivity index (χ4n) is 3.55. The van der Waals surface area contributed by atoms with Gasteiger partial charge in [-0.15, -0.1) is 0 Å². The predicted molar refractivity (Wildman–Crippen MR) is 101 cm³/mol. The number of aromatic amines is 2. The van der Waals surface area contributed by atoms with E-state index in [2.05, 4.69) is 21.5 Å². The SMILES string of the molecule is C=C(CCC)C1=C(O)C(=O)N(c2ccc3nc[nH]c3c2)C1c1ccc[nH]1. The van der Waals surface area contributed by atoms with Gasteiger partial charge in [0, 0.05) is 23.2 Å². The van der Waals surface area contributed by atoms with Gasteiger partial charge in [-0.3, -0.25) is 9.69 Å². The van der Waals surface area contributed by atoms with Crippen LogP contribution in [0.1, 0.15) is 31.5 Å². The molecule has 0 fully saturated rings. The lowest BCUT2D eigenvalue weighted by Crippen LogP contribution is -2.30. The van der Waals surface area contributed by atoms with Crippen LogP contribution in [0.15, 0.2) is 66.3 Å². The summed E-state index contributed by atoms with van der Waals surface area (Å²) >= 11 is 0. The van der Waals surface area contributed by atoms with Gasteiger partial charge in [-0.2, -0.15) is 0 Å². The number of H-pyrrole nitrogens is 2. The molecular weight excluding hydrogens is 328 g/mol. The molecule has 0 saturated heterocycles. The Hall–Kier alpha value is -3.28. The highest BCUT2D eigenvalue weighted by atomic mass is 16.3. The van der Waals surface area contributed by atoms with Crippen LogP contribution in [0.3, 0.4) is 0 Å². The van der Waals surface area contributed by atoms with Crippen molar-refractivity contribution >= 4 is 22.6 Å². The summed E-state index contributed by atoms with van der Waals surface area (Å²) in [6.07, 6.45) is 5.04. The Bertz CT molecular complexity index is 1010. The maximum atomic E-state index is 12.9. The third-order valence-corrected chi connectivity index (χ3v) is 4.74. The number of carbonyl (C=O) groups is 1. The van der Waals surface area contributed by atoms with Crippen molar-refractivity contribution in [2.45, 2.75) is 25.8 Å². The minimum atomic E-state index is -0.433. The van der Waals surface area contributed by atoms with E-state index in [1.807, 2.05) is 43.5 Å². The molecule has 4 rings (SSSR count). The summed E-state index contributed by atoms with van der Waals surface area (Å²) in [5.41, 5.74) is 4.55. The Morgan fingerprint density at radius 1 is 1.35 bits per heavy atom. The summed E-state index contributed by atoms with van der Waals surface area (Å²) in [7, 11) is 0. The zero-order valence-corrected chi connectivity index (χ0v) is 14.5. The summed E-state index contributed by atoms with van der Waals surface area (Å²) < 4.78 is 0. The monoisotopic (exact) mass is 348 g/mol. The number of hydrogen-bond donors (Lipinski definition) is 3. The van der Waals surface area contributed by atoms with Crippen LogP contribution in [0.4, 0.5) is 5.69 Å². The van der Waals surface area contributed by atoms with Gasteiger partial charge in [-0.25, -0.2) is 4.98 Å². The lowest BCUT2D eigenvalue weighted by atomic mass is 9.95. The van der Waals surface area contributed by atoms with E-state index in [0.29, 0.717) is 11.3 Å². The van der Waals surface area contributed by atoms with E-state index in [0.717, 1.165) is 35.1 Å². The number of nitrogens with zero attached hydrogens (tertiary/aromatic N) is 2. The van der Waals surface area contributed by atoms with E-state index in [1.165, 1.54) is 0 Å². The maximum Gasteiger partial charge on any atom is 0.294 e. The van der Waals surface area contributed by atoms with Gasteiger partial charge < -0.3 is 15.1 Å². The topological polar surface area (TPSA) is 85.0 Å². The van der Waals surface area contributed by atoms with Gasteiger partial charge in [-0.1, -0.05) is 19.9 Å². The van der Waals surface area contributed by atoms with Crippen molar-refractivity contribution in [2.24, 2.45) is 0 Å². The van der Waals surface area contributed by atoms with E-state index < -0.39 is 11.9 Å². The highest BCUT2D eigenvalue weighted by Gasteiger charge is 2.42. The van der Waals surface area contributed by atoms with Crippen LogP contribution >= 0.6 is 0 Å². The Balaban J connectivity index is 1.85. The lowest BCUT2D eigenvalue weighted by molar-refractivity contribution is -0.117. The van der Waals surface area contributed by atoms with Crippen molar-refractivity contribution in [3.05, 3.63) is 72.0 Å². The quantitative estimate of drug-likeness (QED) is 0.647. The normalized spacial score (nSPS) is 17.5. The third-order valence-electron chi connectivity index (χ3n) is 4.74. The first-order chi connectivity index (χ1) is 12.6. The molecule has 6 heteroatoms. The van der Waals surface area contributed by atoms with Gasteiger partial charge in [0.1, 0.15) is 6.04 Å². The molecule has 0 radical (unpaired) electrons. The molecule has 1 aliphatic rings. The number of aliphatic hydroxyl groups excluding tert-OH is 1. The van der Waals surface area contributed by atoms with Crippen LogP contribution in [-0.4, -0.2) is 26.0 Å². The summed E-state index contributed by atoms with van der Waals surface area (Å²) in [5.74, 6) is -0.650. The van der Waals surface area contributed by atoms with E-state index >= 15 is 0 Å². The number of aliphatic hydroxyl groups is 1. The van der Waals surface area contributed by atoms with Crippen molar-refractivity contribution < 1.29 is 9.90 Å². The first-order valence-corrected chi connectivity index (χ1v) is 8.63. The highest BCUT2D eigenvalue weighted by Crippen LogP contribution is 2.43. The Labute approximate surface area is 150 Å². The molecule has 1 unspecified atom stereocenters. The van der Waals surface area contributed by atoms with Crippen molar-refractivity contribution in [1.29, 1.82) is 0 Å². The molecule has 0 saturated carbocycles. The molecule has 2 aromatic heterocycles. The average molecular weight is 348 g/mol. The third kappa shape index (κ3) is 2.42. The molecular formula is C20H20N4O2. The first-order valence-electron chi connectivity index (χ1n) is 8.63. The van der Waals surface area contributed by atoms with Crippen molar-refractivity contribution in [1.82, 2.24) is 15.0 Å². The summed E-state index contributed by atoms with van der Waals surface area (Å²) in [6, 6.07) is 8.93. The molecule has 3 aromatic rings. The number of fused-ring (bicyclic) bond motifs is 1. The molecule has 0 aliphatic carbocycles. The van der Waals surface area contributed by atoms with Crippen molar-refractivity contribution in [3.63, 3.8) is 0 Å². The van der Waals surface area contributed by atoms with Gasteiger partial charge in [0.05, 0.1) is 17.4 Å². The Morgan fingerprint density at radius 3 is 2.92 bits per heavy atom. The first kappa shape index (κ1) is 16.2.